The summed E-state index contributed by atoms with van der Waals surface area (Å²) >= 11 is 0. The Morgan fingerprint density at radius 3 is 2.35 bits per heavy atom. The zero-order chi connectivity index (χ0) is 45.1. The summed E-state index contributed by atoms with van der Waals surface area (Å²) in [6.07, 6.45) is -0.329. The van der Waals surface area contributed by atoms with Gasteiger partial charge in [-0.2, -0.15) is 0 Å². The zero-order valence-electron chi connectivity index (χ0n) is 36.4. The van der Waals surface area contributed by atoms with Gasteiger partial charge in [0.1, 0.15) is 47.4 Å². The number of pyridine rings is 1. The van der Waals surface area contributed by atoms with Crippen molar-refractivity contribution in [3.05, 3.63) is 90.5 Å². The summed E-state index contributed by atoms with van der Waals surface area (Å²) in [5.74, 6) is -1.02. The normalized spacial score (nSPS) is 19.7. The smallest absolute Gasteiger partial charge is 0.408 e. The maximum atomic E-state index is 14.8. The number of fused-ring (bicyclic) bond motifs is 1. The van der Waals surface area contributed by atoms with Gasteiger partial charge in [-0.3, -0.25) is 9.59 Å². The van der Waals surface area contributed by atoms with Gasteiger partial charge in [0.05, 0.1) is 32.0 Å². The fraction of sp³-hybridized carbons (Fsp3) is 0.447. The third-order valence-electron chi connectivity index (χ3n) is 11.1. The number of benzene rings is 3. The first-order valence-electron chi connectivity index (χ1n) is 21.2. The molecule has 1 aliphatic carbocycles. The van der Waals surface area contributed by atoms with Crippen LogP contribution in [0, 0.1) is 5.92 Å². The second kappa shape index (κ2) is 20.6. The van der Waals surface area contributed by atoms with Gasteiger partial charge in [-0.25, -0.2) is 19.4 Å². The number of methoxy groups -OCH3 is 2. The summed E-state index contributed by atoms with van der Waals surface area (Å²) in [6.45, 7) is 4.92. The molecule has 1 unspecified atom stereocenters. The second-order valence-electron chi connectivity index (χ2n) is 16.8. The summed E-state index contributed by atoms with van der Waals surface area (Å²) in [5.41, 5.74) is 0.648. The molecule has 2 fully saturated rings. The second-order valence-corrected chi connectivity index (χ2v) is 16.8. The number of esters is 1. The standard InChI is InChI=1S/C47H57N5O11/c1-46(2,3)63-45(58)50-36(21-22-48-44(57)61-29-30-14-8-6-9-15-30)42(55)52-28-34(25-39(52)41(54)51-47(43(56)60-5)27-32(47)18-12-13-23-53)62-40-26-37(31-16-10-7-11-17-31)49-38-24-33(59-4)19-20-35(38)40/h6-11,14-17,19-20,24,26,32,34,36,39,53H,12-13,18,21-23,25,27-29H2,1-5H3,(H,48,57)(H,50,58)(H,51,54)/t32?,34-,36+,39+,47-/m1/s1. The molecular weight excluding hydrogens is 811 g/mol. The Kier molecular flexibility index (Phi) is 15.1. The van der Waals surface area contributed by atoms with Gasteiger partial charge >= 0.3 is 18.2 Å². The van der Waals surface area contributed by atoms with Gasteiger partial charge in [-0.1, -0.05) is 67.1 Å². The highest BCUT2D eigenvalue weighted by molar-refractivity contribution is 5.96. The van der Waals surface area contributed by atoms with E-state index in [2.05, 4.69) is 16.0 Å². The molecule has 0 spiro atoms. The van der Waals surface area contributed by atoms with E-state index in [1.54, 1.807) is 40.0 Å². The molecule has 5 atom stereocenters. The fourth-order valence-corrected chi connectivity index (χ4v) is 7.83. The lowest BCUT2D eigenvalue weighted by Crippen LogP contribution is -2.57. The molecule has 16 nitrogen and oxygen atoms in total. The van der Waals surface area contributed by atoms with Crippen molar-refractivity contribution in [2.75, 3.05) is 33.9 Å². The number of hydrogen-bond donors (Lipinski definition) is 4. The Morgan fingerprint density at radius 2 is 1.67 bits per heavy atom. The van der Waals surface area contributed by atoms with E-state index in [1.165, 1.54) is 12.0 Å². The molecule has 1 aliphatic heterocycles. The van der Waals surface area contributed by atoms with Crippen LogP contribution in [0.1, 0.15) is 64.9 Å². The van der Waals surface area contributed by atoms with Gasteiger partial charge in [-0.15, -0.1) is 0 Å². The molecule has 0 radical (unpaired) electrons. The van der Waals surface area contributed by atoms with Crippen molar-refractivity contribution in [1.82, 2.24) is 25.8 Å². The van der Waals surface area contributed by atoms with Gasteiger partial charge in [-0.05, 0) is 70.1 Å². The topological polar surface area (TPSA) is 204 Å². The van der Waals surface area contributed by atoms with E-state index in [1.807, 2.05) is 72.8 Å². The van der Waals surface area contributed by atoms with Crippen LogP contribution < -0.4 is 25.4 Å². The van der Waals surface area contributed by atoms with Crippen LogP contribution in [-0.2, 0) is 35.2 Å². The van der Waals surface area contributed by atoms with E-state index >= 15 is 0 Å². The van der Waals surface area contributed by atoms with Crippen molar-refractivity contribution in [3.63, 3.8) is 0 Å². The van der Waals surface area contributed by atoms with Crippen LogP contribution in [0.4, 0.5) is 9.59 Å². The number of aliphatic hydroxyl groups is 1. The molecule has 1 aromatic heterocycles. The maximum Gasteiger partial charge on any atom is 0.408 e. The lowest BCUT2D eigenvalue weighted by Gasteiger charge is -2.30. The summed E-state index contributed by atoms with van der Waals surface area (Å²) in [6, 6.07) is 23.5. The number of likely N-dealkylation sites (tertiary alicyclic amines) is 1. The van der Waals surface area contributed by atoms with Crippen LogP contribution in [0.15, 0.2) is 84.9 Å². The van der Waals surface area contributed by atoms with Gasteiger partial charge < -0.3 is 49.6 Å². The zero-order valence-corrected chi connectivity index (χ0v) is 36.4. The molecule has 4 aromatic rings. The number of nitrogens with one attached hydrogen (secondary N) is 3. The number of carbonyl (C=O) groups is 5. The molecule has 336 valence electrons. The van der Waals surface area contributed by atoms with Crippen molar-refractivity contribution in [3.8, 4) is 22.8 Å². The average Bonchev–Trinajstić information content (AvgIpc) is 3.80. The van der Waals surface area contributed by atoms with Crippen LogP contribution >= 0.6 is 0 Å². The molecule has 63 heavy (non-hydrogen) atoms. The first-order valence-corrected chi connectivity index (χ1v) is 21.2. The molecule has 4 amide bonds. The lowest BCUT2D eigenvalue weighted by molar-refractivity contribution is -0.148. The molecule has 1 saturated carbocycles. The van der Waals surface area contributed by atoms with E-state index in [0.29, 0.717) is 53.8 Å². The molecule has 1 saturated heterocycles. The summed E-state index contributed by atoms with van der Waals surface area (Å²) in [4.78, 5) is 74.8. The maximum absolute atomic E-state index is 14.8. The fourth-order valence-electron chi connectivity index (χ4n) is 7.83. The minimum Gasteiger partial charge on any atom is -0.497 e. The van der Waals surface area contributed by atoms with Gasteiger partial charge in [0.15, 0.2) is 0 Å². The number of nitrogens with zero attached hydrogens (tertiary/aromatic N) is 2. The average molecular weight is 868 g/mol. The van der Waals surface area contributed by atoms with Gasteiger partial charge in [0, 0.05) is 42.7 Å². The van der Waals surface area contributed by atoms with Crippen molar-refractivity contribution < 1.29 is 52.8 Å². The quantitative estimate of drug-likeness (QED) is 0.0542. The molecule has 6 rings (SSSR count). The van der Waals surface area contributed by atoms with E-state index in [9.17, 15) is 29.1 Å². The number of aromatic nitrogens is 1. The third-order valence-corrected chi connectivity index (χ3v) is 11.1. The van der Waals surface area contributed by atoms with Crippen molar-refractivity contribution >= 4 is 40.9 Å². The number of unbranched alkanes of at least 4 members (excludes halogenated alkanes) is 1. The first-order chi connectivity index (χ1) is 30.2. The molecular formula is C47H57N5O11. The van der Waals surface area contributed by atoms with Crippen molar-refractivity contribution in [1.29, 1.82) is 0 Å². The Morgan fingerprint density at radius 1 is 0.937 bits per heavy atom. The number of hydrogen-bond acceptors (Lipinski definition) is 12. The Hall–Kier alpha value is -6.42. The molecule has 0 bridgehead atoms. The van der Waals surface area contributed by atoms with Gasteiger partial charge in [0.25, 0.3) is 0 Å². The van der Waals surface area contributed by atoms with Crippen LogP contribution in [0.5, 0.6) is 11.5 Å². The molecule has 4 N–H and O–H groups in total. The van der Waals surface area contributed by atoms with E-state index in [-0.39, 0.29) is 45.1 Å². The predicted molar refractivity (Wildman–Crippen MR) is 233 cm³/mol. The molecule has 2 aliphatic rings. The largest absolute Gasteiger partial charge is 0.497 e. The number of rotatable bonds is 18. The number of alkyl carbamates (subject to hydrolysis) is 2. The highest BCUT2D eigenvalue weighted by atomic mass is 16.6. The lowest BCUT2D eigenvalue weighted by atomic mass is 10.1. The predicted octanol–water partition coefficient (Wildman–Crippen LogP) is 5.68. The highest BCUT2D eigenvalue weighted by Gasteiger charge is 2.62. The van der Waals surface area contributed by atoms with Crippen LogP contribution in [-0.4, -0.2) is 108 Å². The summed E-state index contributed by atoms with van der Waals surface area (Å²) in [5, 5.41) is 18.3. The number of carbonyl (C=O) groups excluding carboxylic acids is 5. The van der Waals surface area contributed by atoms with Gasteiger partial charge in [0.2, 0.25) is 11.8 Å². The van der Waals surface area contributed by atoms with Crippen LogP contribution in [0.3, 0.4) is 0 Å². The minimum absolute atomic E-state index is 0.000869. The van der Waals surface area contributed by atoms with Crippen LogP contribution in [0.25, 0.3) is 22.2 Å². The summed E-state index contributed by atoms with van der Waals surface area (Å²) in [7, 11) is 2.82. The number of amides is 4. The Labute approximate surface area is 367 Å². The number of ether oxygens (including phenoxy) is 5. The first kappa shape index (κ1) is 46.1. The van der Waals surface area contributed by atoms with Crippen molar-refractivity contribution in [2.45, 2.75) is 95.2 Å². The third kappa shape index (κ3) is 11.9. The Bertz CT molecular complexity index is 2240. The Balaban J connectivity index is 1.29. The van der Waals surface area contributed by atoms with E-state index in [0.717, 1.165) is 11.1 Å². The molecule has 2 heterocycles. The monoisotopic (exact) mass is 867 g/mol. The van der Waals surface area contributed by atoms with Crippen LogP contribution in [0.2, 0.25) is 0 Å². The van der Waals surface area contributed by atoms with Crippen molar-refractivity contribution in [2.24, 2.45) is 5.92 Å². The van der Waals surface area contributed by atoms with E-state index in [4.69, 9.17) is 28.7 Å². The number of aliphatic hydroxyl groups excluding tert-OH is 1. The van der Waals surface area contributed by atoms with E-state index < -0.39 is 59.3 Å². The molecule has 3 aromatic carbocycles. The SMILES string of the molecule is COC(=O)[C@@]1(NC(=O)[C@@H]2C[C@@H](Oc3cc(-c4ccccc4)nc4cc(OC)ccc34)CN2C(=O)[C@H](CCNC(=O)OCc2ccccc2)NC(=O)OC(C)(C)C)CC1CCCCO. The minimum atomic E-state index is -1.31. The highest BCUT2D eigenvalue weighted by Crippen LogP contribution is 2.48. The summed E-state index contributed by atoms with van der Waals surface area (Å²) < 4.78 is 28.3. The molecule has 16 heteroatoms.